The van der Waals surface area contributed by atoms with Crippen LogP contribution in [0, 0.1) is 18.3 Å². The minimum absolute atomic E-state index is 0.0878. The van der Waals surface area contributed by atoms with Crippen molar-refractivity contribution in [3.8, 4) is 11.5 Å². The molecule has 1 spiro atoms. The van der Waals surface area contributed by atoms with Crippen LogP contribution in [0.4, 0.5) is 0 Å². The molecule has 0 aromatic heterocycles. The van der Waals surface area contributed by atoms with Crippen molar-refractivity contribution >= 4 is 5.97 Å². The van der Waals surface area contributed by atoms with Crippen molar-refractivity contribution in [2.75, 3.05) is 7.11 Å². The second-order valence-electron chi connectivity index (χ2n) is 11.4. The standard InChI is InChI=1S/C25H32O8/c1-12-14-11-30-20(27)17(14)19(29-6)13-9-15-22(4)7-8-24(28)32-21(2,3)25(22,33-24)16(26)10-23(15,5)31-18(12)13/h15-16,26,28H,7-11H2,1-6H3/t15-,16+,22-,23+,24+,25-/m0/s1. The van der Waals surface area contributed by atoms with Gasteiger partial charge in [-0.1, -0.05) is 6.92 Å². The summed E-state index contributed by atoms with van der Waals surface area (Å²) in [4.78, 5) is 12.5. The molecule has 1 aromatic carbocycles. The van der Waals surface area contributed by atoms with Crippen molar-refractivity contribution in [1.82, 2.24) is 0 Å². The number of carbonyl (C=O) groups excluding carboxylic acids is 1. The van der Waals surface area contributed by atoms with Crippen LogP contribution in [0.15, 0.2) is 0 Å². The van der Waals surface area contributed by atoms with Gasteiger partial charge in [0.1, 0.15) is 40.5 Å². The first-order valence-electron chi connectivity index (χ1n) is 11.7. The predicted molar refractivity (Wildman–Crippen MR) is 115 cm³/mol. The lowest BCUT2D eigenvalue weighted by molar-refractivity contribution is -0.384. The van der Waals surface area contributed by atoms with Crippen molar-refractivity contribution in [1.29, 1.82) is 0 Å². The largest absolute Gasteiger partial charge is 0.495 e. The van der Waals surface area contributed by atoms with Gasteiger partial charge in [-0.2, -0.15) is 0 Å². The van der Waals surface area contributed by atoms with Gasteiger partial charge in [-0.3, -0.25) is 0 Å². The SMILES string of the molecule is COc1c2c(c(C)c3c1C(=O)OC3)O[C@]1(C)C[C@@H](O)[C@@]34O[C@@](O)(CC[C@@]3(C)[C@@H]1C2)OC4(C)C. The Labute approximate surface area is 193 Å². The van der Waals surface area contributed by atoms with Gasteiger partial charge in [0.05, 0.1) is 13.2 Å². The van der Waals surface area contributed by atoms with E-state index in [1.165, 1.54) is 0 Å². The first-order chi connectivity index (χ1) is 15.3. The van der Waals surface area contributed by atoms with Crippen LogP contribution in [0.5, 0.6) is 11.5 Å². The van der Waals surface area contributed by atoms with E-state index < -0.39 is 34.3 Å². The van der Waals surface area contributed by atoms with Gasteiger partial charge in [0.2, 0.25) is 0 Å². The van der Waals surface area contributed by atoms with Crippen LogP contribution in [0.3, 0.4) is 0 Å². The number of benzene rings is 1. The van der Waals surface area contributed by atoms with E-state index in [0.717, 1.165) is 16.7 Å². The lowest BCUT2D eigenvalue weighted by atomic mass is 9.46. The number of esters is 1. The van der Waals surface area contributed by atoms with Gasteiger partial charge in [-0.05, 0) is 46.1 Å². The third-order valence-corrected chi connectivity index (χ3v) is 9.38. The molecule has 180 valence electrons. The maximum absolute atomic E-state index is 12.5. The Kier molecular flexibility index (Phi) is 3.95. The lowest BCUT2D eigenvalue weighted by Gasteiger charge is -2.66. The first kappa shape index (κ1) is 21.6. The summed E-state index contributed by atoms with van der Waals surface area (Å²) in [5, 5.41) is 22.6. The second-order valence-corrected chi connectivity index (χ2v) is 11.4. The van der Waals surface area contributed by atoms with Crippen LogP contribution in [-0.4, -0.2) is 52.2 Å². The quantitative estimate of drug-likeness (QED) is 0.617. The van der Waals surface area contributed by atoms with Crippen LogP contribution in [0.1, 0.15) is 74.0 Å². The highest BCUT2D eigenvalue weighted by molar-refractivity contribution is 5.98. The minimum atomic E-state index is -1.70. The zero-order valence-corrected chi connectivity index (χ0v) is 20.0. The molecule has 2 N–H and O–H groups in total. The second kappa shape index (κ2) is 6.03. The monoisotopic (exact) mass is 460 g/mol. The van der Waals surface area contributed by atoms with Gasteiger partial charge >= 0.3 is 5.97 Å². The molecule has 4 aliphatic heterocycles. The summed E-state index contributed by atoms with van der Waals surface area (Å²) in [6.45, 7) is 10.1. The summed E-state index contributed by atoms with van der Waals surface area (Å²) in [6, 6.07) is 0. The smallest absolute Gasteiger partial charge is 0.342 e. The third-order valence-electron chi connectivity index (χ3n) is 9.38. The number of cyclic esters (lactones) is 1. The number of hydrogen-bond donors (Lipinski definition) is 2. The number of carbonyl (C=O) groups is 1. The fraction of sp³-hybridized carbons (Fsp3) is 0.720. The van der Waals surface area contributed by atoms with E-state index in [-0.39, 0.29) is 18.5 Å². The van der Waals surface area contributed by atoms with E-state index in [1.807, 2.05) is 27.7 Å². The van der Waals surface area contributed by atoms with Crippen molar-refractivity contribution in [2.45, 2.75) is 95.8 Å². The van der Waals surface area contributed by atoms with Crippen LogP contribution in [-0.2, 0) is 27.2 Å². The zero-order chi connectivity index (χ0) is 23.8. The summed E-state index contributed by atoms with van der Waals surface area (Å²) >= 11 is 0. The van der Waals surface area contributed by atoms with E-state index in [1.54, 1.807) is 7.11 Å². The summed E-state index contributed by atoms with van der Waals surface area (Å²) < 4.78 is 30.2. The molecule has 8 nitrogen and oxygen atoms in total. The molecule has 2 saturated heterocycles. The van der Waals surface area contributed by atoms with Gasteiger partial charge in [-0.25, -0.2) is 4.79 Å². The summed E-state index contributed by atoms with van der Waals surface area (Å²) in [5.41, 5.74) is -0.292. The average molecular weight is 461 g/mol. The fourth-order valence-electron chi connectivity index (χ4n) is 8.09. The highest BCUT2D eigenvalue weighted by Gasteiger charge is 2.80. The van der Waals surface area contributed by atoms with Gasteiger partial charge in [-0.15, -0.1) is 0 Å². The number of hydrogen-bond acceptors (Lipinski definition) is 8. The molecule has 3 fully saturated rings. The number of rotatable bonds is 1. The highest BCUT2D eigenvalue weighted by Crippen LogP contribution is 2.70. The van der Waals surface area contributed by atoms with Crippen LogP contribution < -0.4 is 9.47 Å². The molecule has 4 heterocycles. The molecule has 33 heavy (non-hydrogen) atoms. The van der Waals surface area contributed by atoms with Gasteiger partial charge in [0.15, 0.2) is 0 Å². The van der Waals surface area contributed by atoms with E-state index in [0.29, 0.717) is 42.7 Å². The molecular weight excluding hydrogens is 428 g/mol. The number of methoxy groups -OCH3 is 1. The molecule has 0 radical (unpaired) electrons. The molecule has 1 aliphatic carbocycles. The summed E-state index contributed by atoms with van der Waals surface area (Å²) in [7, 11) is 1.57. The van der Waals surface area contributed by atoms with Crippen LogP contribution in [0.25, 0.3) is 0 Å². The van der Waals surface area contributed by atoms with Crippen molar-refractivity contribution < 1.29 is 38.7 Å². The van der Waals surface area contributed by atoms with E-state index in [9.17, 15) is 15.0 Å². The number of fused-ring (bicyclic) bond motifs is 5. The molecule has 0 unspecified atom stereocenters. The summed E-state index contributed by atoms with van der Waals surface area (Å²) in [6.07, 6.45) is 0.893. The Bertz CT molecular complexity index is 1100. The molecular formula is C25H32O8. The van der Waals surface area contributed by atoms with Crippen LogP contribution in [0.2, 0.25) is 0 Å². The zero-order valence-electron chi connectivity index (χ0n) is 20.0. The molecule has 6 atom stereocenters. The summed E-state index contributed by atoms with van der Waals surface area (Å²) in [5.74, 6) is -0.947. The first-order valence-corrected chi connectivity index (χ1v) is 11.7. The fourth-order valence-corrected chi connectivity index (χ4v) is 8.09. The van der Waals surface area contributed by atoms with E-state index in [4.69, 9.17) is 23.7 Å². The van der Waals surface area contributed by atoms with Gasteiger partial charge in [0.25, 0.3) is 5.97 Å². The maximum atomic E-state index is 12.5. The van der Waals surface area contributed by atoms with E-state index in [2.05, 4.69) is 6.92 Å². The molecule has 6 rings (SSSR count). The normalized spacial score (nSPS) is 44.2. The molecule has 2 bridgehead atoms. The van der Waals surface area contributed by atoms with Gasteiger partial charge in [0, 0.05) is 35.3 Å². The topological polar surface area (TPSA) is 104 Å². The Morgan fingerprint density at radius 1 is 1.09 bits per heavy atom. The molecule has 5 aliphatic rings. The molecule has 0 amide bonds. The Morgan fingerprint density at radius 3 is 2.52 bits per heavy atom. The lowest BCUT2D eigenvalue weighted by Crippen LogP contribution is -2.76. The van der Waals surface area contributed by atoms with E-state index >= 15 is 0 Å². The Morgan fingerprint density at radius 2 is 1.82 bits per heavy atom. The number of aliphatic hydroxyl groups is 2. The average Bonchev–Trinajstić information content (AvgIpc) is 3.19. The van der Waals surface area contributed by atoms with Crippen LogP contribution >= 0.6 is 0 Å². The minimum Gasteiger partial charge on any atom is -0.495 e. The third kappa shape index (κ3) is 2.29. The Hall–Kier alpha value is -1.87. The van der Waals surface area contributed by atoms with Crippen molar-refractivity contribution in [3.63, 3.8) is 0 Å². The highest BCUT2D eigenvalue weighted by atomic mass is 16.9. The number of ether oxygens (including phenoxy) is 5. The molecule has 8 heteroatoms. The van der Waals surface area contributed by atoms with Crippen molar-refractivity contribution in [3.05, 3.63) is 22.3 Å². The maximum Gasteiger partial charge on any atom is 0.342 e. The van der Waals surface area contributed by atoms with Gasteiger partial charge < -0.3 is 33.9 Å². The number of aliphatic hydroxyl groups excluding tert-OH is 1. The Balaban J connectivity index is 1.56. The predicted octanol–water partition coefficient (Wildman–Crippen LogP) is 2.76. The molecule has 1 saturated carbocycles. The van der Waals surface area contributed by atoms with Crippen molar-refractivity contribution in [2.24, 2.45) is 11.3 Å². The molecule has 1 aromatic rings.